The van der Waals surface area contributed by atoms with Crippen molar-refractivity contribution in [1.29, 1.82) is 0 Å². The second kappa shape index (κ2) is 6.98. The van der Waals surface area contributed by atoms with Crippen LogP contribution in [0, 0.1) is 5.92 Å². The van der Waals surface area contributed by atoms with Crippen molar-refractivity contribution in [3.8, 4) is 0 Å². The molecule has 24 heavy (non-hydrogen) atoms. The van der Waals surface area contributed by atoms with Crippen LogP contribution in [-0.4, -0.2) is 41.5 Å². The Morgan fingerprint density at radius 3 is 2.71 bits per heavy atom. The molecule has 2 fully saturated rings. The monoisotopic (exact) mass is 331 g/mol. The van der Waals surface area contributed by atoms with Crippen LogP contribution in [0.4, 0.5) is 0 Å². The predicted octanol–water partition coefficient (Wildman–Crippen LogP) is 0.804. The van der Waals surface area contributed by atoms with E-state index in [1.54, 1.807) is 18.3 Å². The van der Waals surface area contributed by atoms with Crippen LogP contribution in [0.25, 0.3) is 0 Å². The van der Waals surface area contributed by atoms with Gasteiger partial charge in [0, 0.05) is 25.5 Å². The van der Waals surface area contributed by atoms with Crippen LogP contribution in [0.3, 0.4) is 0 Å². The minimum absolute atomic E-state index is 0.147. The average Bonchev–Trinajstić information content (AvgIpc) is 3.19. The number of carbonyl (C=O) groups excluding carboxylic acids is 3. The molecule has 0 aromatic carbocycles. The van der Waals surface area contributed by atoms with E-state index in [4.69, 9.17) is 4.74 Å². The number of aromatic nitrogens is 1. The van der Waals surface area contributed by atoms with E-state index in [2.05, 4.69) is 15.6 Å². The molecule has 1 aliphatic heterocycles. The lowest BCUT2D eigenvalue weighted by Crippen LogP contribution is -2.44. The van der Waals surface area contributed by atoms with E-state index in [-0.39, 0.29) is 24.2 Å². The Morgan fingerprint density at radius 2 is 2.00 bits per heavy atom. The molecule has 1 aromatic heterocycles. The Hall–Kier alpha value is -2.44. The van der Waals surface area contributed by atoms with E-state index in [9.17, 15) is 14.4 Å². The highest BCUT2D eigenvalue weighted by Crippen LogP contribution is 2.45. The molecule has 1 saturated carbocycles. The van der Waals surface area contributed by atoms with Crippen LogP contribution in [0.15, 0.2) is 24.5 Å². The summed E-state index contributed by atoms with van der Waals surface area (Å²) in [6.45, 7) is 0.625. The molecule has 3 rings (SSSR count). The fraction of sp³-hybridized carbons (Fsp3) is 0.529. The molecule has 0 radical (unpaired) electrons. The summed E-state index contributed by atoms with van der Waals surface area (Å²) in [5, 5.41) is 5.52. The molecule has 0 unspecified atom stereocenters. The number of ether oxygens (including phenoxy) is 1. The minimum Gasteiger partial charge on any atom is -0.458 e. The maximum absolute atomic E-state index is 12.4. The zero-order chi connectivity index (χ0) is 17.0. The molecule has 1 aliphatic carbocycles. The van der Waals surface area contributed by atoms with Gasteiger partial charge in [0.05, 0.1) is 17.9 Å². The van der Waals surface area contributed by atoms with Gasteiger partial charge in [0.15, 0.2) is 0 Å². The number of nitrogens with zero attached hydrogens (tertiary/aromatic N) is 1. The van der Waals surface area contributed by atoms with Crippen molar-refractivity contribution in [3.05, 3.63) is 30.1 Å². The molecule has 2 aliphatic rings. The predicted molar refractivity (Wildman–Crippen MR) is 85.0 cm³/mol. The van der Waals surface area contributed by atoms with E-state index in [1.165, 1.54) is 6.20 Å². The van der Waals surface area contributed by atoms with Crippen LogP contribution < -0.4 is 10.6 Å². The molecular weight excluding hydrogens is 310 g/mol. The zero-order valence-corrected chi connectivity index (χ0v) is 13.4. The Balaban J connectivity index is 1.46. The van der Waals surface area contributed by atoms with Gasteiger partial charge in [0.2, 0.25) is 5.91 Å². The van der Waals surface area contributed by atoms with Crippen molar-refractivity contribution in [2.75, 3.05) is 13.1 Å². The Morgan fingerprint density at radius 1 is 1.25 bits per heavy atom. The number of amides is 2. The standard InChI is InChI=1S/C17H21N3O4/c21-14-10-13(17(24-14)5-1-2-6-17)16(23)20-9-8-19-15(22)12-4-3-7-18-11-12/h3-4,7,11,13H,1-2,5-6,8-10H2,(H,19,22)(H,20,23)/t13-/m1/s1. The van der Waals surface area contributed by atoms with Crippen LogP contribution >= 0.6 is 0 Å². The van der Waals surface area contributed by atoms with Gasteiger partial charge in [-0.25, -0.2) is 0 Å². The summed E-state index contributed by atoms with van der Waals surface area (Å²) in [6, 6.07) is 3.36. The van der Waals surface area contributed by atoms with Gasteiger partial charge >= 0.3 is 5.97 Å². The topological polar surface area (TPSA) is 97.4 Å². The van der Waals surface area contributed by atoms with Gasteiger partial charge in [0.25, 0.3) is 5.91 Å². The first kappa shape index (κ1) is 16.4. The maximum atomic E-state index is 12.4. The molecule has 2 amide bonds. The average molecular weight is 331 g/mol. The summed E-state index contributed by atoms with van der Waals surface area (Å²) in [5.41, 5.74) is -0.122. The number of carbonyl (C=O) groups is 3. The highest BCUT2D eigenvalue weighted by molar-refractivity contribution is 5.93. The molecule has 1 atom stereocenters. The number of rotatable bonds is 5. The SMILES string of the molecule is O=C1C[C@H](C(=O)NCCNC(=O)c2cccnc2)C2(CCCC2)O1. The van der Waals surface area contributed by atoms with Crippen molar-refractivity contribution in [3.63, 3.8) is 0 Å². The van der Waals surface area contributed by atoms with Crippen molar-refractivity contribution in [2.24, 2.45) is 5.92 Å². The van der Waals surface area contributed by atoms with Crippen molar-refractivity contribution in [1.82, 2.24) is 15.6 Å². The molecule has 128 valence electrons. The van der Waals surface area contributed by atoms with Gasteiger partial charge in [-0.15, -0.1) is 0 Å². The third-order valence-electron chi connectivity index (χ3n) is 4.72. The summed E-state index contributed by atoms with van der Waals surface area (Å²) in [7, 11) is 0. The Bertz CT molecular complexity index is 626. The second-order valence-corrected chi connectivity index (χ2v) is 6.29. The number of nitrogens with one attached hydrogen (secondary N) is 2. The first-order valence-corrected chi connectivity index (χ1v) is 8.28. The molecule has 2 heterocycles. The normalized spacial score (nSPS) is 21.5. The smallest absolute Gasteiger partial charge is 0.307 e. The fourth-order valence-electron chi connectivity index (χ4n) is 3.53. The summed E-state index contributed by atoms with van der Waals surface area (Å²) in [6.07, 6.45) is 6.72. The lowest BCUT2D eigenvalue weighted by atomic mass is 9.85. The third-order valence-corrected chi connectivity index (χ3v) is 4.72. The number of esters is 1. The van der Waals surface area contributed by atoms with Gasteiger partial charge in [-0.2, -0.15) is 0 Å². The summed E-state index contributed by atoms with van der Waals surface area (Å²) >= 11 is 0. The van der Waals surface area contributed by atoms with Gasteiger partial charge in [-0.3, -0.25) is 19.4 Å². The lowest BCUT2D eigenvalue weighted by molar-refractivity contribution is -0.149. The molecule has 0 bridgehead atoms. The van der Waals surface area contributed by atoms with Gasteiger partial charge in [-0.1, -0.05) is 0 Å². The quantitative estimate of drug-likeness (QED) is 0.614. The Labute approximate surface area is 140 Å². The third kappa shape index (κ3) is 3.39. The molecular formula is C17H21N3O4. The summed E-state index contributed by atoms with van der Waals surface area (Å²) < 4.78 is 5.47. The van der Waals surface area contributed by atoms with Crippen LogP contribution in [-0.2, 0) is 14.3 Å². The van der Waals surface area contributed by atoms with Gasteiger partial charge in [0.1, 0.15) is 5.60 Å². The second-order valence-electron chi connectivity index (χ2n) is 6.29. The van der Waals surface area contributed by atoms with E-state index in [0.29, 0.717) is 18.7 Å². The van der Waals surface area contributed by atoms with E-state index < -0.39 is 11.5 Å². The van der Waals surface area contributed by atoms with Gasteiger partial charge in [-0.05, 0) is 37.8 Å². The molecule has 2 N–H and O–H groups in total. The Kier molecular flexibility index (Phi) is 4.78. The summed E-state index contributed by atoms with van der Waals surface area (Å²) in [4.78, 5) is 39.8. The molecule has 1 aromatic rings. The van der Waals surface area contributed by atoms with Crippen molar-refractivity contribution < 1.29 is 19.1 Å². The van der Waals surface area contributed by atoms with Gasteiger partial charge < -0.3 is 15.4 Å². The van der Waals surface area contributed by atoms with E-state index >= 15 is 0 Å². The molecule has 1 saturated heterocycles. The first-order valence-electron chi connectivity index (χ1n) is 8.28. The van der Waals surface area contributed by atoms with Crippen LogP contribution in [0.5, 0.6) is 0 Å². The maximum Gasteiger partial charge on any atom is 0.307 e. The lowest BCUT2D eigenvalue weighted by Gasteiger charge is -2.27. The number of hydrogen-bond acceptors (Lipinski definition) is 5. The van der Waals surface area contributed by atoms with Crippen LogP contribution in [0.1, 0.15) is 42.5 Å². The largest absolute Gasteiger partial charge is 0.458 e. The number of hydrogen-bond donors (Lipinski definition) is 2. The molecule has 1 spiro atoms. The van der Waals surface area contributed by atoms with Crippen LogP contribution in [0.2, 0.25) is 0 Å². The van der Waals surface area contributed by atoms with Crippen molar-refractivity contribution >= 4 is 17.8 Å². The summed E-state index contributed by atoms with van der Waals surface area (Å²) in [5.74, 6) is -1.11. The fourth-order valence-corrected chi connectivity index (χ4v) is 3.53. The van der Waals surface area contributed by atoms with Crippen molar-refractivity contribution in [2.45, 2.75) is 37.7 Å². The molecule has 7 heteroatoms. The minimum atomic E-state index is -0.597. The van der Waals surface area contributed by atoms with E-state index in [0.717, 1.165) is 25.7 Å². The highest BCUT2D eigenvalue weighted by atomic mass is 16.6. The zero-order valence-electron chi connectivity index (χ0n) is 13.4. The van der Waals surface area contributed by atoms with E-state index in [1.807, 2.05) is 0 Å². The molecule has 7 nitrogen and oxygen atoms in total. The number of pyridine rings is 1. The highest BCUT2D eigenvalue weighted by Gasteiger charge is 2.53. The first-order chi connectivity index (χ1) is 11.6.